The third kappa shape index (κ3) is 3.11. The average Bonchev–Trinajstić information content (AvgIpc) is 3.20. The summed E-state index contributed by atoms with van der Waals surface area (Å²) in [7, 11) is 0. The third-order valence-corrected chi connectivity index (χ3v) is 4.85. The normalized spacial score (nSPS) is 18.0. The van der Waals surface area contributed by atoms with Crippen LogP contribution in [0.3, 0.4) is 0 Å². The minimum absolute atomic E-state index is 0.354. The molecular formula is C18H22N4O3. The van der Waals surface area contributed by atoms with Crippen molar-refractivity contribution in [2.45, 2.75) is 51.7 Å². The molecular weight excluding hydrogens is 320 g/mol. The standard InChI is InChI=1S/C18H22N4O3/c1-11-8-15-14(19-16(11)20-17(23)18(24)5-6-18)4-3-7-22(15)10-13-9-12(2)21-25-13/h8-9,24H,3-7,10H2,1-2H3,(H,19,20,23). The van der Waals surface area contributed by atoms with Gasteiger partial charge in [0, 0.05) is 12.6 Å². The molecule has 4 rings (SSSR count). The molecule has 1 aliphatic carbocycles. The SMILES string of the molecule is Cc1cc(CN2CCCc3nc(NC(=O)C4(O)CC4)c(C)cc32)on1. The molecule has 2 aliphatic rings. The van der Waals surface area contributed by atoms with E-state index in [4.69, 9.17) is 4.52 Å². The molecule has 132 valence electrons. The van der Waals surface area contributed by atoms with Crippen LogP contribution in [0.2, 0.25) is 0 Å². The van der Waals surface area contributed by atoms with E-state index in [2.05, 4.69) is 26.4 Å². The average molecular weight is 342 g/mol. The van der Waals surface area contributed by atoms with Gasteiger partial charge < -0.3 is 19.8 Å². The Bertz CT molecular complexity index is 826. The Hall–Kier alpha value is -2.41. The highest BCUT2D eigenvalue weighted by molar-refractivity contribution is 5.99. The monoisotopic (exact) mass is 342 g/mol. The minimum atomic E-state index is -1.19. The predicted octanol–water partition coefficient (Wildman–Crippen LogP) is 2.10. The summed E-state index contributed by atoms with van der Waals surface area (Å²) < 4.78 is 5.34. The van der Waals surface area contributed by atoms with Crippen LogP contribution >= 0.6 is 0 Å². The second kappa shape index (κ2) is 5.84. The van der Waals surface area contributed by atoms with Gasteiger partial charge in [-0.2, -0.15) is 0 Å². The van der Waals surface area contributed by atoms with Crippen LogP contribution in [0.25, 0.3) is 0 Å². The fourth-order valence-electron chi connectivity index (χ4n) is 3.19. The first-order valence-electron chi connectivity index (χ1n) is 8.66. The highest BCUT2D eigenvalue weighted by atomic mass is 16.5. The number of hydrogen-bond acceptors (Lipinski definition) is 6. The smallest absolute Gasteiger partial charge is 0.257 e. The number of carbonyl (C=O) groups excluding carboxylic acids is 1. The molecule has 0 radical (unpaired) electrons. The number of pyridine rings is 1. The van der Waals surface area contributed by atoms with E-state index in [1.54, 1.807) is 0 Å². The Kier molecular flexibility index (Phi) is 3.76. The second-order valence-corrected chi connectivity index (χ2v) is 7.07. The van der Waals surface area contributed by atoms with E-state index in [1.807, 2.05) is 19.9 Å². The summed E-state index contributed by atoms with van der Waals surface area (Å²) in [5, 5.41) is 16.7. The van der Waals surface area contributed by atoms with Gasteiger partial charge in [-0.15, -0.1) is 0 Å². The zero-order valence-corrected chi connectivity index (χ0v) is 14.5. The van der Waals surface area contributed by atoms with Crippen molar-refractivity contribution in [3.63, 3.8) is 0 Å². The first-order chi connectivity index (χ1) is 11.9. The summed E-state index contributed by atoms with van der Waals surface area (Å²) in [5.41, 5.74) is 2.60. The largest absolute Gasteiger partial charge is 0.380 e. The highest BCUT2D eigenvalue weighted by Gasteiger charge is 2.48. The summed E-state index contributed by atoms with van der Waals surface area (Å²) in [6.07, 6.45) is 2.91. The minimum Gasteiger partial charge on any atom is -0.380 e. The molecule has 1 fully saturated rings. The van der Waals surface area contributed by atoms with E-state index < -0.39 is 5.60 Å². The molecule has 1 saturated carbocycles. The van der Waals surface area contributed by atoms with Gasteiger partial charge >= 0.3 is 0 Å². The Morgan fingerprint density at radius 3 is 2.88 bits per heavy atom. The van der Waals surface area contributed by atoms with E-state index in [9.17, 15) is 9.90 Å². The van der Waals surface area contributed by atoms with Crippen LogP contribution < -0.4 is 10.2 Å². The highest BCUT2D eigenvalue weighted by Crippen LogP contribution is 2.37. The Morgan fingerprint density at radius 2 is 2.20 bits per heavy atom. The molecule has 3 heterocycles. The maximum atomic E-state index is 12.1. The molecule has 0 unspecified atom stereocenters. The zero-order chi connectivity index (χ0) is 17.6. The molecule has 0 bridgehead atoms. The molecule has 7 heteroatoms. The number of amides is 1. The van der Waals surface area contributed by atoms with Crippen molar-refractivity contribution in [2.24, 2.45) is 0 Å². The maximum Gasteiger partial charge on any atom is 0.257 e. The number of nitrogens with one attached hydrogen (secondary N) is 1. The summed E-state index contributed by atoms with van der Waals surface area (Å²) in [6, 6.07) is 4.00. The van der Waals surface area contributed by atoms with Gasteiger partial charge in [0.15, 0.2) is 5.76 Å². The molecule has 2 aromatic heterocycles. The first-order valence-corrected chi connectivity index (χ1v) is 8.66. The van der Waals surface area contributed by atoms with Gasteiger partial charge in [-0.25, -0.2) is 4.98 Å². The van der Waals surface area contributed by atoms with Gasteiger partial charge in [-0.1, -0.05) is 5.16 Å². The van der Waals surface area contributed by atoms with Crippen molar-refractivity contribution in [1.82, 2.24) is 10.1 Å². The van der Waals surface area contributed by atoms with Crippen molar-refractivity contribution < 1.29 is 14.4 Å². The molecule has 1 aliphatic heterocycles. The zero-order valence-electron chi connectivity index (χ0n) is 14.5. The van der Waals surface area contributed by atoms with E-state index in [0.29, 0.717) is 25.2 Å². The topological polar surface area (TPSA) is 91.5 Å². The lowest BCUT2D eigenvalue weighted by Crippen LogP contribution is -2.32. The lowest BCUT2D eigenvalue weighted by atomic mass is 10.1. The molecule has 0 atom stereocenters. The number of rotatable bonds is 4. The first kappa shape index (κ1) is 16.1. The van der Waals surface area contributed by atoms with Crippen LogP contribution in [-0.4, -0.2) is 33.3 Å². The van der Waals surface area contributed by atoms with Gasteiger partial charge in [0.1, 0.15) is 11.4 Å². The number of nitrogens with zero attached hydrogens (tertiary/aromatic N) is 3. The molecule has 0 aromatic carbocycles. The van der Waals surface area contributed by atoms with E-state index >= 15 is 0 Å². The number of fused-ring (bicyclic) bond motifs is 1. The maximum absolute atomic E-state index is 12.1. The number of anilines is 2. The van der Waals surface area contributed by atoms with Crippen LogP contribution in [0, 0.1) is 13.8 Å². The number of aryl methyl sites for hydroxylation is 3. The number of carbonyl (C=O) groups is 1. The van der Waals surface area contributed by atoms with Crippen LogP contribution in [0.15, 0.2) is 16.7 Å². The van der Waals surface area contributed by atoms with Gasteiger partial charge in [-0.05, 0) is 51.2 Å². The Balaban J connectivity index is 1.58. The summed E-state index contributed by atoms with van der Waals surface area (Å²) in [4.78, 5) is 19.0. The van der Waals surface area contributed by atoms with Crippen molar-refractivity contribution in [2.75, 3.05) is 16.8 Å². The van der Waals surface area contributed by atoms with Gasteiger partial charge in [0.05, 0.1) is 23.6 Å². The molecule has 0 saturated heterocycles. The van der Waals surface area contributed by atoms with E-state index in [1.165, 1.54) is 0 Å². The molecule has 0 spiro atoms. The fraction of sp³-hybridized carbons (Fsp3) is 0.500. The van der Waals surface area contributed by atoms with Gasteiger partial charge in [-0.3, -0.25) is 4.79 Å². The lowest BCUT2D eigenvalue weighted by Gasteiger charge is -2.30. The van der Waals surface area contributed by atoms with Crippen molar-refractivity contribution in [1.29, 1.82) is 0 Å². The number of hydrogen-bond donors (Lipinski definition) is 2. The number of aliphatic hydroxyl groups is 1. The van der Waals surface area contributed by atoms with Crippen LogP contribution in [-0.2, 0) is 17.8 Å². The summed E-state index contributed by atoms with van der Waals surface area (Å²) >= 11 is 0. The van der Waals surface area contributed by atoms with Crippen molar-refractivity contribution in [3.8, 4) is 0 Å². The van der Waals surface area contributed by atoms with Crippen LogP contribution in [0.4, 0.5) is 11.5 Å². The fourth-order valence-corrected chi connectivity index (χ4v) is 3.19. The van der Waals surface area contributed by atoms with Crippen molar-refractivity contribution >= 4 is 17.4 Å². The van der Waals surface area contributed by atoms with E-state index in [0.717, 1.165) is 47.8 Å². The van der Waals surface area contributed by atoms with Crippen LogP contribution in [0.1, 0.15) is 42.0 Å². The lowest BCUT2D eigenvalue weighted by molar-refractivity contribution is -0.126. The van der Waals surface area contributed by atoms with Gasteiger partial charge in [0.25, 0.3) is 5.91 Å². The third-order valence-electron chi connectivity index (χ3n) is 4.85. The van der Waals surface area contributed by atoms with Gasteiger partial charge in [0.2, 0.25) is 0 Å². The summed E-state index contributed by atoms with van der Waals surface area (Å²) in [5.74, 6) is 1.02. The quantitative estimate of drug-likeness (QED) is 0.884. The molecule has 2 N–H and O–H groups in total. The predicted molar refractivity (Wildman–Crippen MR) is 92.4 cm³/mol. The number of aromatic nitrogens is 2. The van der Waals surface area contributed by atoms with E-state index in [-0.39, 0.29) is 5.91 Å². The van der Waals surface area contributed by atoms with Crippen LogP contribution in [0.5, 0.6) is 0 Å². The Labute approximate surface area is 146 Å². The van der Waals surface area contributed by atoms with Crippen molar-refractivity contribution in [3.05, 3.63) is 34.8 Å². The Morgan fingerprint density at radius 1 is 1.40 bits per heavy atom. The second-order valence-electron chi connectivity index (χ2n) is 7.07. The molecule has 1 amide bonds. The molecule has 25 heavy (non-hydrogen) atoms. The molecule has 2 aromatic rings. The molecule has 7 nitrogen and oxygen atoms in total. The summed E-state index contributed by atoms with van der Waals surface area (Å²) in [6.45, 7) is 5.41.